The molecule has 5 heteroatoms. The van der Waals surface area contributed by atoms with Crippen LogP contribution in [0.4, 0.5) is 0 Å². The first kappa shape index (κ1) is 14.7. The number of esters is 1. The molecule has 0 aliphatic heterocycles. The van der Waals surface area contributed by atoms with Crippen LogP contribution in [-0.4, -0.2) is 18.1 Å². The largest absolute Gasteiger partial charge is 0.469 e. The van der Waals surface area contributed by atoms with Crippen LogP contribution in [0, 0.1) is 6.92 Å². The van der Waals surface area contributed by atoms with Crippen LogP contribution in [0.1, 0.15) is 21.8 Å². The summed E-state index contributed by atoms with van der Waals surface area (Å²) in [5.74, 6) is -0.215. The number of hydrogen-bond acceptors (Lipinski definition) is 5. The van der Waals surface area contributed by atoms with Crippen molar-refractivity contribution < 1.29 is 9.53 Å². The molecule has 1 aromatic carbocycles. The number of nitrogens with zero attached hydrogens (tertiary/aromatic N) is 1. The third-order valence-corrected chi connectivity index (χ3v) is 3.79. The maximum atomic E-state index is 11.4. The summed E-state index contributed by atoms with van der Waals surface area (Å²) >= 11 is 1.65. The standard InChI is InChI=1S/C15H18N2O2S/c1-11-17-14(10-20-11)9-16-8-13-6-4-3-5-12(13)7-15(18)19-2/h3-6,10,16H,7-9H2,1-2H3. The van der Waals surface area contributed by atoms with E-state index in [-0.39, 0.29) is 5.97 Å². The first-order valence-corrected chi connectivity index (χ1v) is 7.32. The Labute approximate surface area is 122 Å². The highest BCUT2D eigenvalue weighted by Crippen LogP contribution is 2.11. The van der Waals surface area contributed by atoms with E-state index in [9.17, 15) is 4.79 Å². The number of carbonyl (C=O) groups excluding carboxylic acids is 1. The van der Waals surface area contributed by atoms with Crippen molar-refractivity contribution in [2.45, 2.75) is 26.4 Å². The van der Waals surface area contributed by atoms with Gasteiger partial charge in [0.25, 0.3) is 0 Å². The Morgan fingerprint density at radius 3 is 2.70 bits per heavy atom. The van der Waals surface area contributed by atoms with Gasteiger partial charge in [-0.05, 0) is 18.1 Å². The van der Waals surface area contributed by atoms with E-state index in [1.54, 1.807) is 11.3 Å². The first-order valence-electron chi connectivity index (χ1n) is 6.44. The van der Waals surface area contributed by atoms with E-state index in [0.717, 1.165) is 28.4 Å². The summed E-state index contributed by atoms with van der Waals surface area (Å²) in [6.07, 6.45) is 0.310. The van der Waals surface area contributed by atoms with Crippen molar-refractivity contribution in [3.05, 3.63) is 51.5 Å². The van der Waals surface area contributed by atoms with Gasteiger partial charge in [0.15, 0.2) is 0 Å². The number of rotatable bonds is 6. The van der Waals surface area contributed by atoms with E-state index >= 15 is 0 Å². The third kappa shape index (κ3) is 4.15. The molecule has 1 heterocycles. The summed E-state index contributed by atoms with van der Waals surface area (Å²) in [5.41, 5.74) is 3.17. The fraction of sp³-hybridized carbons (Fsp3) is 0.333. The van der Waals surface area contributed by atoms with Crippen molar-refractivity contribution in [3.63, 3.8) is 0 Å². The molecular formula is C15H18N2O2S. The number of hydrogen-bond donors (Lipinski definition) is 1. The van der Waals surface area contributed by atoms with Crippen LogP contribution in [0.25, 0.3) is 0 Å². The molecule has 20 heavy (non-hydrogen) atoms. The lowest BCUT2D eigenvalue weighted by atomic mass is 10.0. The quantitative estimate of drug-likeness (QED) is 0.830. The number of ether oxygens (including phenoxy) is 1. The van der Waals surface area contributed by atoms with Gasteiger partial charge in [-0.15, -0.1) is 11.3 Å². The van der Waals surface area contributed by atoms with Crippen LogP contribution in [0.2, 0.25) is 0 Å². The zero-order chi connectivity index (χ0) is 14.4. The molecule has 0 bridgehead atoms. The van der Waals surface area contributed by atoms with Crippen LogP contribution in [-0.2, 0) is 29.0 Å². The second kappa shape index (κ2) is 7.17. The molecule has 4 nitrogen and oxygen atoms in total. The van der Waals surface area contributed by atoms with Gasteiger partial charge in [-0.2, -0.15) is 0 Å². The highest BCUT2D eigenvalue weighted by molar-refractivity contribution is 7.09. The molecule has 0 aliphatic rings. The molecule has 2 aromatic rings. The van der Waals surface area contributed by atoms with Gasteiger partial charge < -0.3 is 10.1 Å². The van der Waals surface area contributed by atoms with Crippen LogP contribution < -0.4 is 5.32 Å². The Morgan fingerprint density at radius 2 is 2.05 bits per heavy atom. The van der Waals surface area contributed by atoms with Gasteiger partial charge in [0.05, 0.1) is 24.2 Å². The van der Waals surface area contributed by atoms with E-state index < -0.39 is 0 Å². The zero-order valence-corrected chi connectivity index (χ0v) is 12.5. The topological polar surface area (TPSA) is 51.2 Å². The number of aryl methyl sites for hydroxylation is 1. The number of benzene rings is 1. The van der Waals surface area contributed by atoms with E-state index in [2.05, 4.69) is 15.7 Å². The summed E-state index contributed by atoms with van der Waals surface area (Å²) in [6.45, 7) is 3.44. The van der Waals surface area contributed by atoms with Gasteiger partial charge in [-0.25, -0.2) is 4.98 Å². The normalized spacial score (nSPS) is 10.5. The molecule has 0 saturated heterocycles. The number of aromatic nitrogens is 1. The van der Waals surface area contributed by atoms with Crippen molar-refractivity contribution >= 4 is 17.3 Å². The number of carbonyl (C=O) groups is 1. The minimum atomic E-state index is -0.215. The first-order chi connectivity index (χ1) is 9.69. The molecule has 0 aliphatic carbocycles. The third-order valence-electron chi connectivity index (χ3n) is 2.97. The second-order valence-corrected chi connectivity index (χ2v) is 5.55. The summed E-state index contributed by atoms with van der Waals surface area (Å²) in [4.78, 5) is 15.8. The van der Waals surface area contributed by atoms with E-state index in [1.165, 1.54) is 7.11 Å². The molecule has 0 fully saturated rings. The predicted octanol–water partition coefficient (Wildman–Crippen LogP) is 2.46. The lowest BCUT2D eigenvalue weighted by Gasteiger charge is -2.09. The van der Waals surface area contributed by atoms with Crippen molar-refractivity contribution in [2.75, 3.05) is 7.11 Å². The van der Waals surface area contributed by atoms with Crippen molar-refractivity contribution in [2.24, 2.45) is 0 Å². The van der Waals surface area contributed by atoms with Crippen molar-refractivity contribution in [1.29, 1.82) is 0 Å². The molecule has 0 saturated carbocycles. The Kier molecular flexibility index (Phi) is 5.26. The van der Waals surface area contributed by atoms with Crippen molar-refractivity contribution in [3.8, 4) is 0 Å². The molecule has 106 valence electrons. The predicted molar refractivity (Wildman–Crippen MR) is 79.6 cm³/mol. The molecule has 0 unspecified atom stereocenters. The molecule has 1 aromatic heterocycles. The van der Waals surface area contributed by atoms with Gasteiger partial charge >= 0.3 is 5.97 Å². The van der Waals surface area contributed by atoms with Crippen LogP contribution in [0.3, 0.4) is 0 Å². The van der Waals surface area contributed by atoms with E-state index in [0.29, 0.717) is 13.0 Å². The van der Waals surface area contributed by atoms with Gasteiger partial charge in [-0.1, -0.05) is 24.3 Å². The van der Waals surface area contributed by atoms with Gasteiger partial charge in [0.1, 0.15) is 0 Å². The van der Waals surface area contributed by atoms with Crippen LogP contribution in [0.15, 0.2) is 29.6 Å². The lowest BCUT2D eigenvalue weighted by Crippen LogP contribution is -2.15. The smallest absolute Gasteiger partial charge is 0.309 e. The molecule has 0 spiro atoms. The maximum Gasteiger partial charge on any atom is 0.309 e. The van der Waals surface area contributed by atoms with E-state index in [4.69, 9.17) is 4.74 Å². The number of nitrogens with one attached hydrogen (secondary N) is 1. The Bertz CT molecular complexity index is 581. The maximum absolute atomic E-state index is 11.4. The summed E-state index contributed by atoms with van der Waals surface area (Å²) in [5, 5.41) is 6.49. The fourth-order valence-electron chi connectivity index (χ4n) is 1.94. The van der Waals surface area contributed by atoms with Gasteiger partial charge in [0, 0.05) is 18.5 Å². The number of thiazole rings is 1. The van der Waals surface area contributed by atoms with Gasteiger partial charge in [-0.3, -0.25) is 4.79 Å². The Morgan fingerprint density at radius 1 is 1.30 bits per heavy atom. The van der Waals surface area contributed by atoms with Crippen LogP contribution in [0.5, 0.6) is 0 Å². The highest BCUT2D eigenvalue weighted by atomic mass is 32.1. The van der Waals surface area contributed by atoms with Gasteiger partial charge in [0.2, 0.25) is 0 Å². The number of methoxy groups -OCH3 is 1. The molecular weight excluding hydrogens is 272 g/mol. The molecule has 0 radical (unpaired) electrons. The second-order valence-electron chi connectivity index (χ2n) is 4.48. The zero-order valence-electron chi connectivity index (χ0n) is 11.7. The molecule has 0 atom stereocenters. The lowest BCUT2D eigenvalue weighted by molar-refractivity contribution is -0.139. The average molecular weight is 290 g/mol. The monoisotopic (exact) mass is 290 g/mol. The van der Waals surface area contributed by atoms with E-state index in [1.807, 2.05) is 31.2 Å². The SMILES string of the molecule is COC(=O)Cc1ccccc1CNCc1csc(C)n1. The Hall–Kier alpha value is -1.72. The summed E-state index contributed by atoms with van der Waals surface area (Å²) < 4.78 is 4.72. The van der Waals surface area contributed by atoms with Crippen molar-refractivity contribution in [1.82, 2.24) is 10.3 Å². The molecule has 0 amide bonds. The van der Waals surface area contributed by atoms with Crippen LogP contribution >= 0.6 is 11.3 Å². The minimum Gasteiger partial charge on any atom is -0.469 e. The minimum absolute atomic E-state index is 0.215. The highest BCUT2D eigenvalue weighted by Gasteiger charge is 2.07. The summed E-state index contributed by atoms with van der Waals surface area (Å²) in [7, 11) is 1.41. The average Bonchev–Trinajstić information content (AvgIpc) is 2.86. The summed E-state index contributed by atoms with van der Waals surface area (Å²) in [6, 6.07) is 7.90. The molecule has 2 rings (SSSR count). The molecule has 1 N–H and O–H groups in total. The fourth-order valence-corrected chi connectivity index (χ4v) is 2.56. The Balaban J connectivity index is 1.93.